The molecule has 0 unspecified atom stereocenters. The zero-order chi connectivity index (χ0) is 22.0. The van der Waals surface area contributed by atoms with Crippen LogP contribution in [0.3, 0.4) is 0 Å². The maximum absolute atomic E-state index is 13.1. The largest absolute Gasteiger partial charge is 0.339 e. The van der Waals surface area contributed by atoms with Gasteiger partial charge < -0.3 is 9.80 Å². The molecule has 0 saturated carbocycles. The predicted molar refractivity (Wildman–Crippen MR) is 122 cm³/mol. The number of fused-ring (bicyclic) bond motifs is 1. The molecule has 0 atom stereocenters. The molecule has 1 saturated heterocycles. The van der Waals surface area contributed by atoms with Crippen LogP contribution in [0, 0.1) is 0 Å². The van der Waals surface area contributed by atoms with E-state index in [4.69, 9.17) is 0 Å². The SMILES string of the molecule is CN(C(=O)c1ccc2c(c1)CCN2S(C)(=O)=O)C1CCN(CCc2ccccn2)CC1. The van der Waals surface area contributed by atoms with Crippen molar-refractivity contribution >= 4 is 21.6 Å². The van der Waals surface area contributed by atoms with E-state index in [1.807, 2.05) is 36.3 Å². The van der Waals surface area contributed by atoms with E-state index < -0.39 is 10.0 Å². The van der Waals surface area contributed by atoms with E-state index in [9.17, 15) is 13.2 Å². The number of carbonyl (C=O) groups excluding carboxylic acids is 1. The Morgan fingerprint density at radius 1 is 1.16 bits per heavy atom. The standard InChI is InChI=1S/C23H30N4O3S/c1-25(21-10-14-26(15-11-21)13-9-20-5-3-4-12-24-20)23(28)19-6-7-22-18(17-19)8-16-27(22)31(2,29)30/h3-7,12,17,21H,8-11,13-16H2,1-2H3. The highest BCUT2D eigenvalue weighted by atomic mass is 32.2. The number of rotatable bonds is 6. The number of likely N-dealkylation sites (tertiary alicyclic amines) is 1. The lowest BCUT2D eigenvalue weighted by Gasteiger charge is -2.36. The number of pyridine rings is 1. The molecule has 2 aliphatic heterocycles. The van der Waals surface area contributed by atoms with Crippen LogP contribution in [0.25, 0.3) is 0 Å². The van der Waals surface area contributed by atoms with Crippen LogP contribution in [-0.2, 0) is 22.9 Å². The number of nitrogens with zero attached hydrogens (tertiary/aromatic N) is 4. The number of anilines is 1. The van der Waals surface area contributed by atoms with Crippen molar-refractivity contribution in [2.75, 3.05) is 43.8 Å². The fourth-order valence-electron chi connectivity index (χ4n) is 4.57. The Morgan fingerprint density at radius 3 is 2.61 bits per heavy atom. The van der Waals surface area contributed by atoms with Crippen molar-refractivity contribution in [3.8, 4) is 0 Å². The van der Waals surface area contributed by atoms with E-state index in [0.29, 0.717) is 24.2 Å². The summed E-state index contributed by atoms with van der Waals surface area (Å²) in [6.45, 7) is 3.38. The predicted octanol–water partition coefficient (Wildman–Crippen LogP) is 2.18. The van der Waals surface area contributed by atoms with Crippen LogP contribution in [-0.4, -0.2) is 74.6 Å². The molecule has 1 aromatic heterocycles. The highest BCUT2D eigenvalue weighted by Gasteiger charge is 2.29. The molecule has 1 fully saturated rings. The summed E-state index contributed by atoms with van der Waals surface area (Å²) in [4.78, 5) is 21.8. The first-order valence-corrected chi connectivity index (χ1v) is 12.7. The lowest BCUT2D eigenvalue weighted by molar-refractivity contribution is 0.0643. The third kappa shape index (κ3) is 4.91. The summed E-state index contributed by atoms with van der Waals surface area (Å²) in [6, 6.07) is 11.6. The average Bonchev–Trinajstić information content (AvgIpc) is 3.21. The van der Waals surface area contributed by atoms with Gasteiger partial charge in [0.05, 0.1) is 11.9 Å². The third-order valence-corrected chi connectivity index (χ3v) is 7.60. The van der Waals surface area contributed by atoms with Crippen molar-refractivity contribution in [1.82, 2.24) is 14.8 Å². The molecule has 2 aromatic rings. The van der Waals surface area contributed by atoms with Crippen molar-refractivity contribution < 1.29 is 13.2 Å². The molecule has 0 aliphatic carbocycles. The van der Waals surface area contributed by atoms with Crippen LogP contribution in [0.4, 0.5) is 5.69 Å². The second kappa shape index (κ2) is 8.96. The summed E-state index contributed by atoms with van der Waals surface area (Å²) in [5.41, 5.74) is 3.37. The lowest BCUT2D eigenvalue weighted by atomic mass is 10.0. The molecule has 0 bridgehead atoms. The summed E-state index contributed by atoms with van der Waals surface area (Å²) < 4.78 is 25.3. The zero-order valence-corrected chi connectivity index (χ0v) is 19.0. The maximum Gasteiger partial charge on any atom is 0.253 e. The molecular weight excluding hydrogens is 412 g/mol. The van der Waals surface area contributed by atoms with Gasteiger partial charge in [-0.2, -0.15) is 0 Å². The molecule has 166 valence electrons. The summed E-state index contributed by atoms with van der Waals surface area (Å²) in [5, 5.41) is 0. The number of amides is 1. The highest BCUT2D eigenvalue weighted by Crippen LogP contribution is 2.31. The monoisotopic (exact) mass is 442 g/mol. The second-order valence-electron chi connectivity index (χ2n) is 8.49. The third-order valence-electron chi connectivity index (χ3n) is 6.42. The first-order valence-electron chi connectivity index (χ1n) is 10.8. The van der Waals surface area contributed by atoms with Crippen molar-refractivity contribution in [2.24, 2.45) is 0 Å². The molecule has 3 heterocycles. The fourth-order valence-corrected chi connectivity index (χ4v) is 5.53. The van der Waals surface area contributed by atoms with Crippen molar-refractivity contribution in [3.63, 3.8) is 0 Å². The minimum Gasteiger partial charge on any atom is -0.339 e. The van der Waals surface area contributed by atoms with Gasteiger partial charge in [0.1, 0.15) is 0 Å². The van der Waals surface area contributed by atoms with Gasteiger partial charge in [0, 0.05) is 63.1 Å². The van der Waals surface area contributed by atoms with E-state index in [2.05, 4.69) is 16.0 Å². The fraction of sp³-hybridized carbons (Fsp3) is 0.478. The minimum absolute atomic E-state index is 0.00698. The number of piperidine rings is 1. The van der Waals surface area contributed by atoms with Gasteiger partial charge in [-0.3, -0.25) is 14.1 Å². The second-order valence-corrected chi connectivity index (χ2v) is 10.4. The maximum atomic E-state index is 13.1. The Morgan fingerprint density at radius 2 is 1.94 bits per heavy atom. The van der Waals surface area contributed by atoms with E-state index >= 15 is 0 Å². The van der Waals surface area contributed by atoms with Crippen LogP contribution in [0.15, 0.2) is 42.6 Å². The van der Waals surface area contributed by atoms with Crippen molar-refractivity contribution in [1.29, 1.82) is 0 Å². The smallest absolute Gasteiger partial charge is 0.253 e. The Balaban J connectivity index is 1.33. The van der Waals surface area contributed by atoms with Crippen LogP contribution in [0.5, 0.6) is 0 Å². The molecule has 0 N–H and O–H groups in total. The van der Waals surface area contributed by atoms with Crippen LogP contribution >= 0.6 is 0 Å². The summed E-state index contributed by atoms with van der Waals surface area (Å²) in [5.74, 6) is 0.00698. The summed E-state index contributed by atoms with van der Waals surface area (Å²) in [7, 11) is -1.40. The van der Waals surface area contributed by atoms with E-state index in [1.165, 1.54) is 10.6 Å². The van der Waals surface area contributed by atoms with Gasteiger partial charge >= 0.3 is 0 Å². The molecule has 8 heteroatoms. The van der Waals surface area contributed by atoms with Gasteiger partial charge in [0.2, 0.25) is 10.0 Å². The average molecular weight is 443 g/mol. The molecule has 0 radical (unpaired) electrons. The first-order chi connectivity index (χ1) is 14.8. The Kier molecular flexibility index (Phi) is 6.29. The molecule has 7 nitrogen and oxygen atoms in total. The van der Waals surface area contributed by atoms with Gasteiger partial charge in [-0.1, -0.05) is 6.07 Å². The highest BCUT2D eigenvalue weighted by molar-refractivity contribution is 7.92. The van der Waals surface area contributed by atoms with Gasteiger partial charge in [-0.25, -0.2) is 8.42 Å². The molecule has 2 aliphatic rings. The molecule has 1 amide bonds. The molecular formula is C23H30N4O3S. The van der Waals surface area contributed by atoms with E-state index in [0.717, 1.165) is 50.2 Å². The number of carbonyl (C=O) groups is 1. The normalized spacial score (nSPS) is 17.5. The number of hydrogen-bond donors (Lipinski definition) is 0. The number of benzene rings is 1. The molecule has 1 aromatic carbocycles. The zero-order valence-electron chi connectivity index (χ0n) is 18.2. The van der Waals surface area contributed by atoms with Gasteiger partial charge in [0.25, 0.3) is 5.91 Å². The van der Waals surface area contributed by atoms with Crippen LogP contribution in [0.2, 0.25) is 0 Å². The topological polar surface area (TPSA) is 73.8 Å². The molecule has 4 rings (SSSR count). The van der Waals surface area contributed by atoms with E-state index in [-0.39, 0.29) is 11.9 Å². The van der Waals surface area contributed by atoms with Gasteiger partial charge in [-0.05, 0) is 55.2 Å². The Bertz CT molecular complexity index is 1030. The minimum atomic E-state index is -3.28. The first kappa shape index (κ1) is 21.8. The van der Waals surface area contributed by atoms with Crippen molar-refractivity contribution in [3.05, 3.63) is 59.4 Å². The number of aromatic nitrogens is 1. The van der Waals surface area contributed by atoms with E-state index in [1.54, 1.807) is 12.1 Å². The number of sulfonamides is 1. The molecule has 0 spiro atoms. The van der Waals surface area contributed by atoms with Gasteiger partial charge in [-0.15, -0.1) is 0 Å². The lowest BCUT2D eigenvalue weighted by Crippen LogP contribution is -2.46. The number of hydrogen-bond acceptors (Lipinski definition) is 5. The van der Waals surface area contributed by atoms with Crippen molar-refractivity contribution in [2.45, 2.75) is 31.7 Å². The summed E-state index contributed by atoms with van der Waals surface area (Å²) in [6.07, 6.45) is 6.55. The van der Waals surface area contributed by atoms with Gasteiger partial charge in [0.15, 0.2) is 0 Å². The Labute approximate surface area is 184 Å². The summed E-state index contributed by atoms with van der Waals surface area (Å²) >= 11 is 0. The van der Waals surface area contributed by atoms with Crippen LogP contribution in [0.1, 0.15) is 34.5 Å². The quantitative estimate of drug-likeness (QED) is 0.686. The Hall–Kier alpha value is -2.45. The van der Waals surface area contributed by atoms with Crippen LogP contribution < -0.4 is 4.31 Å². The molecule has 31 heavy (non-hydrogen) atoms.